The van der Waals surface area contributed by atoms with Crippen molar-refractivity contribution in [1.82, 2.24) is 0 Å². The Morgan fingerprint density at radius 3 is 2.62 bits per heavy atom. The summed E-state index contributed by atoms with van der Waals surface area (Å²) in [6.07, 6.45) is 0. The summed E-state index contributed by atoms with van der Waals surface area (Å²) in [5.41, 5.74) is 8.29. The quantitative estimate of drug-likeness (QED) is 0.841. The van der Waals surface area contributed by atoms with Crippen LogP contribution in [0.15, 0.2) is 30.3 Å². The molecule has 1 heterocycles. The Kier molecular flexibility index (Phi) is 3.33. The number of thiophene rings is 1. The Balaban J connectivity index is 2.46. The summed E-state index contributed by atoms with van der Waals surface area (Å²) >= 11 is 7.75. The van der Waals surface area contributed by atoms with E-state index in [9.17, 15) is 0 Å². The predicted octanol–water partition coefficient (Wildman–Crippen LogP) is 4.40. The van der Waals surface area contributed by atoms with Crippen molar-refractivity contribution in [2.45, 2.75) is 19.9 Å². The molecule has 0 saturated carbocycles. The van der Waals surface area contributed by atoms with Crippen LogP contribution < -0.4 is 5.73 Å². The lowest BCUT2D eigenvalue weighted by Gasteiger charge is -2.04. The van der Waals surface area contributed by atoms with Gasteiger partial charge in [0.1, 0.15) is 0 Å². The van der Waals surface area contributed by atoms with Gasteiger partial charge in [-0.2, -0.15) is 0 Å². The fraction of sp³-hybridized carbons (Fsp3) is 0.231. The second-order valence-corrected chi connectivity index (χ2v) is 5.50. The Morgan fingerprint density at radius 1 is 1.25 bits per heavy atom. The molecule has 0 fully saturated rings. The first kappa shape index (κ1) is 11.6. The Bertz CT molecular complexity index is 502. The second kappa shape index (κ2) is 4.58. The number of rotatable bonds is 2. The van der Waals surface area contributed by atoms with E-state index in [1.165, 1.54) is 20.9 Å². The highest BCUT2D eigenvalue weighted by Crippen LogP contribution is 2.33. The van der Waals surface area contributed by atoms with E-state index in [2.05, 4.69) is 19.1 Å². The molecule has 0 bridgehead atoms. The van der Waals surface area contributed by atoms with Crippen molar-refractivity contribution >= 4 is 22.9 Å². The molecule has 0 aliphatic carbocycles. The first-order valence-electron chi connectivity index (χ1n) is 5.20. The summed E-state index contributed by atoms with van der Waals surface area (Å²) in [7, 11) is 0. The molecule has 0 radical (unpaired) electrons. The molecule has 1 nitrogen and oxygen atoms in total. The van der Waals surface area contributed by atoms with Gasteiger partial charge in [0, 0.05) is 20.8 Å². The average Bonchev–Trinajstić information content (AvgIpc) is 2.70. The van der Waals surface area contributed by atoms with E-state index in [-0.39, 0.29) is 6.04 Å². The Labute approximate surface area is 105 Å². The second-order valence-electron chi connectivity index (χ2n) is 3.95. The lowest BCUT2D eigenvalue weighted by Crippen LogP contribution is -2.01. The minimum atomic E-state index is 0.0956. The van der Waals surface area contributed by atoms with Gasteiger partial charge >= 0.3 is 0 Å². The third-order valence-corrected chi connectivity index (χ3v) is 4.10. The van der Waals surface area contributed by atoms with Crippen LogP contribution in [0.4, 0.5) is 0 Å². The van der Waals surface area contributed by atoms with E-state index in [1.807, 2.05) is 25.1 Å². The fourth-order valence-electron chi connectivity index (χ4n) is 1.60. The summed E-state index contributed by atoms with van der Waals surface area (Å²) in [4.78, 5) is 2.43. The number of benzene rings is 1. The SMILES string of the molecule is Cc1ccc(Cl)cc1-c1ccc(C(C)N)s1. The van der Waals surface area contributed by atoms with Gasteiger partial charge in [0.2, 0.25) is 0 Å². The van der Waals surface area contributed by atoms with E-state index in [4.69, 9.17) is 17.3 Å². The van der Waals surface area contributed by atoms with Crippen LogP contribution in [0.2, 0.25) is 5.02 Å². The summed E-state index contributed by atoms with van der Waals surface area (Å²) in [5.74, 6) is 0. The van der Waals surface area contributed by atoms with E-state index in [0.717, 1.165) is 5.02 Å². The molecule has 1 aromatic carbocycles. The summed E-state index contributed by atoms with van der Waals surface area (Å²) in [6.45, 7) is 4.09. The Hall–Kier alpha value is -0.830. The third-order valence-electron chi connectivity index (χ3n) is 2.54. The van der Waals surface area contributed by atoms with Crippen molar-refractivity contribution in [3.05, 3.63) is 45.8 Å². The number of hydrogen-bond acceptors (Lipinski definition) is 2. The average molecular weight is 252 g/mol. The molecule has 2 rings (SSSR count). The predicted molar refractivity (Wildman–Crippen MR) is 72.1 cm³/mol. The molecular weight excluding hydrogens is 238 g/mol. The van der Waals surface area contributed by atoms with Crippen molar-refractivity contribution in [3.8, 4) is 10.4 Å². The molecule has 0 spiro atoms. The molecular formula is C13H14ClNS. The summed E-state index contributed by atoms with van der Waals surface area (Å²) in [6, 6.07) is 10.3. The van der Waals surface area contributed by atoms with Gasteiger partial charge in [0.05, 0.1) is 0 Å². The number of nitrogens with two attached hydrogens (primary N) is 1. The third kappa shape index (κ3) is 2.29. The zero-order valence-electron chi connectivity index (χ0n) is 9.33. The molecule has 1 unspecified atom stereocenters. The molecule has 1 atom stereocenters. The molecule has 16 heavy (non-hydrogen) atoms. The van der Waals surface area contributed by atoms with Crippen LogP contribution >= 0.6 is 22.9 Å². The van der Waals surface area contributed by atoms with Crippen LogP contribution in [0.25, 0.3) is 10.4 Å². The van der Waals surface area contributed by atoms with Crippen LogP contribution in [0, 0.1) is 6.92 Å². The van der Waals surface area contributed by atoms with Gasteiger partial charge < -0.3 is 5.73 Å². The maximum atomic E-state index is 6.02. The number of aryl methyl sites for hydroxylation is 1. The highest BCUT2D eigenvalue weighted by atomic mass is 35.5. The highest BCUT2D eigenvalue weighted by molar-refractivity contribution is 7.15. The van der Waals surface area contributed by atoms with Crippen LogP contribution in [0.3, 0.4) is 0 Å². The first-order chi connectivity index (χ1) is 7.58. The van der Waals surface area contributed by atoms with Gasteiger partial charge in [-0.3, -0.25) is 0 Å². The molecule has 0 aliphatic heterocycles. The van der Waals surface area contributed by atoms with Crippen molar-refractivity contribution in [1.29, 1.82) is 0 Å². The monoisotopic (exact) mass is 251 g/mol. The van der Waals surface area contributed by atoms with Crippen LogP contribution in [-0.4, -0.2) is 0 Å². The van der Waals surface area contributed by atoms with Gasteiger partial charge in [-0.25, -0.2) is 0 Å². The first-order valence-corrected chi connectivity index (χ1v) is 6.39. The van der Waals surface area contributed by atoms with Crippen LogP contribution in [0.5, 0.6) is 0 Å². The van der Waals surface area contributed by atoms with Crippen molar-refractivity contribution < 1.29 is 0 Å². The molecule has 0 saturated heterocycles. The minimum absolute atomic E-state index is 0.0956. The van der Waals surface area contributed by atoms with Gasteiger partial charge in [-0.05, 0) is 49.2 Å². The maximum Gasteiger partial charge on any atom is 0.0412 e. The van der Waals surface area contributed by atoms with E-state index >= 15 is 0 Å². The zero-order valence-corrected chi connectivity index (χ0v) is 10.9. The molecule has 0 aliphatic rings. The topological polar surface area (TPSA) is 26.0 Å². The van der Waals surface area contributed by atoms with Crippen molar-refractivity contribution in [2.24, 2.45) is 5.73 Å². The van der Waals surface area contributed by atoms with Gasteiger partial charge in [0.25, 0.3) is 0 Å². The number of hydrogen-bond donors (Lipinski definition) is 1. The minimum Gasteiger partial charge on any atom is -0.324 e. The Morgan fingerprint density at radius 2 is 2.00 bits per heavy atom. The number of halogens is 1. The summed E-state index contributed by atoms with van der Waals surface area (Å²) < 4.78 is 0. The fourth-order valence-corrected chi connectivity index (χ4v) is 2.82. The van der Waals surface area contributed by atoms with Crippen LogP contribution in [-0.2, 0) is 0 Å². The van der Waals surface area contributed by atoms with E-state index in [1.54, 1.807) is 11.3 Å². The zero-order chi connectivity index (χ0) is 11.7. The van der Waals surface area contributed by atoms with Gasteiger partial charge in [-0.1, -0.05) is 17.7 Å². The van der Waals surface area contributed by atoms with Crippen molar-refractivity contribution in [3.63, 3.8) is 0 Å². The van der Waals surface area contributed by atoms with E-state index < -0.39 is 0 Å². The normalized spacial score (nSPS) is 12.8. The van der Waals surface area contributed by atoms with Crippen LogP contribution in [0.1, 0.15) is 23.4 Å². The molecule has 2 N–H and O–H groups in total. The van der Waals surface area contributed by atoms with Gasteiger partial charge in [-0.15, -0.1) is 11.3 Å². The van der Waals surface area contributed by atoms with Crippen molar-refractivity contribution in [2.75, 3.05) is 0 Å². The summed E-state index contributed by atoms with van der Waals surface area (Å²) in [5, 5.41) is 0.774. The lowest BCUT2D eigenvalue weighted by molar-refractivity contribution is 0.838. The molecule has 2 aromatic rings. The molecule has 84 valence electrons. The molecule has 3 heteroatoms. The van der Waals surface area contributed by atoms with E-state index in [0.29, 0.717) is 0 Å². The lowest BCUT2D eigenvalue weighted by atomic mass is 10.1. The maximum absolute atomic E-state index is 6.02. The highest BCUT2D eigenvalue weighted by Gasteiger charge is 2.08. The molecule has 1 aromatic heterocycles. The smallest absolute Gasteiger partial charge is 0.0412 e. The largest absolute Gasteiger partial charge is 0.324 e. The van der Waals surface area contributed by atoms with Gasteiger partial charge in [0.15, 0.2) is 0 Å². The molecule has 0 amide bonds. The standard InChI is InChI=1S/C13H14ClNS/c1-8-3-4-10(14)7-11(8)13-6-5-12(16-13)9(2)15/h3-7,9H,15H2,1-2H3.